The molecular weight excluding hydrogens is 458 g/mol. The van der Waals surface area contributed by atoms with Crippen molar-refractivity contribution in [1.29, 1.82) is 0 Å². The van der Waals surface area contributed by atoms with Crippen molar-refractivity contribution in [2.24, 2.45) is 0 Å². The number of amides is 1. The normalized spacial score (nSPS) is 12.4. The zero-order chi connectivity index (χ0) is 25.3. The summed E-state index contributed by atoms with van der Waals surface area (Å²) in [6.45, 7) is 10.3. The number of likely N-dealkylation sites (N-methyl/N-ethyl adjacent to an activating group) is 1. The Kier molecular flexibility index (Phi) is 8.72. The summed E-state index contributed by atoms with van der Waals surface area (Å²) in [6, 6.07) is 6.05. The zero-order valence-electron chi connectivity index (χ0n) is 21.3. The van der Waals surface area contributed by atoms with E-state index in [2.05, 4.69) is 26.7 Å². The molecule has 0 aliphatic carbocycles. The molecule has 0 saturated carbocycles. The summed E-state index contributed by atoms with van der Waals surface area (Å²) in [7, 11) is 0. The van der Waals surface area contributed by atoms with Gasteiger partial charge in [-0.15, -0.1) is 0 Å². The molecule has 36 heavy (non-hydrogen) atoms. The highest BCUT2D eigenvalue weighted by Gasteiger charge is 2.16. The second-order valence-electron chi connectivity index (χ2n) is 8.58. The molecule has 0 radical (unpaired) electrons. The van der Waals surface area contributed by atoms with Crippen molar-refractivity contribution in [3.8, 4) is 17.4 Å². The van der Waals surface area contributed by atoms with E-state index in [0.717, 1.165) is 54.3 Å². The van der Waals surface area contributed by atoms with E-state index in [0.29, 0.717) is 38.1 Å². The van der Waals surface area contributed by atoms with Gasteiger partial charge in [0.05, 0.1) is 6.54 Å². The molecule has 0 atom stereocenters. The van der Waals surface area contributed by atoms with Crippen LogP contribution in [0.15, 0.2) is 36.9 Å². The van der Waals surface area contributed by atoms with Crippen LogP contribution in [0, 0.1) is 6.92 Å². The Labute approximate surface area is 212 Å². The van der Waals surface area contributed by atoms with Crippen LogP contribution in [-0.2, 0) is 17.8 Å². The molecule has 1 aliphatic heterocycles. The van der Waals surface area contributed by atoms with E-state index in [4.69, 9.17) is 14.5 Å². The van der Waals surface area contributed by atoms with Gasteiger partial charge in [0.25, 0.3) is 0 Å². The number of fused-ring (bicyclic) bond motifs is 1. The topological polar surface area (TPSA) is 106 Å². The number of benzene rings is 1. The summed E-state index contributed by atoms with van der Waals surface area (Å²) < 4.78 is 13.0. The molecule has 1 aliphatic rings. The number of hydrogen-bond acceptors (Lipinski definition) is 8. The van der Waals surface area contributed by atoms with Gasteiger partial charge in [-0.2, -0.15) is 4.98 Å². The summed E-state index contributed by atoms with van der Waals surface area (Å²) in [5, 5.41) is 6.78. The van der Waals surface area contributed by atoms with Gasteiger partial charge in [0.2, 0.25) is 11.9 Å². The van der Waals surface area contributed by atoms with Crippen molar-refractivity contribution in [2.75, 3.05) is 44.7 Å². The smallest absolute Gasteiger partial charge is 0.241 e. The van der Waals surface area contributed by atoms with Gasteiger partial charge >= 0.3 is 0 Å². The zero-order valence-corrected chi connectivity index (χ0v) is 21.3. The van der Waals surface area contributed by atoms with Gasteiger partial charge in [0, 0.05) is 43.3 Å². The first-order valence-electron chi connectivity index (χ1n) is 12.6. The molecule has 0 unspecified atom stereocenters. The molecular formula is C26H35N7O3. The molecule has 1 amide bonds. The molecule has 3 aromatic rings. The Morgan fingerprint density at radius 2 is 1.94 bits per heavy atom. The Bertz CT molecular complexity index is 1150. The van der Waals surface area contributed by atoms with Crippen molar-refractivity contribution in [2.45, 2.75) is 40.2 Å². The number of carbonyl (C=O) groups excluding carboxylic acids is 1. The molecule has 1 aromatic carbocycles. The SMILES string of the molecule is CCN(CC)C(=O)CNc1nc(-n2ccnc2)nc(C)c1CCCNCc1ccc2c(c1)OCCO2. The first-order chi connectivity index (χ1) is 17.6. The minimum absolute atomic E-state index is 0.0486. The average molecular weight is 494 g/mol. The number of hydrogen-bond donors (Lipinski definition) is 2. The van der Waals surface area contributed by atoms with Gasteiger partial charge in [0.15, 0.2) is 11.5 Å². The van der Waals surface area contributed by atoms with Gasteiger partial charge < -0.3 is 25.0 Å². The lowest BCUT2D eigenvalue weighted by atomic mass is 10.1. The molecule has 3 heterocycles. The highest BCUT2D eigenvalue weighted by Crippen LogP contribution is 2.30. The van der Waals surface area contributed by atoms with Crippen LogP contribution in [0.3, 0.4) is 0 Å². The Balaban J connectivity index is 1.38. The number of imidazole rings is 1. The van der Waals surface area contributed by atoms with Gasteiger partial charge in [-0.3, -0.25) is 9.36 Å². The summed E-state index contributed by atoms with van der Waals surface area (Å²) in [5.41, 5.74) is 3.06. The van der Waals surface area contributed by atoms with E-state index in [9.17, 15) is 4.79 Å². The summed E-state index contributed by atoms with van der Waals surface area (Å²) in [4.78, 5) is 27.9. The summed E-state index contributed by atoms with van der Waals surface area (Å²) in [6.07, 6.45) is 6.85. The molecule has 2 N–H and O–H groups in total. The Morgan fingerprint density at radius 3 is 2.69 bits per heavy atom. The molecule has 4 rings (SSSR count). The number of aromatic nitrogens is 4. The lowest BCUT2D eigenvalue weighted by Crippen LogP contribution is -2.35. The number of nitrogens with zero attached hydrogens (tertiary/aromatic N) is 5. The van der Waals surface area contributed by atoms with Crippen LogP contribution >= 0.6 is 0 Å². The average Bonchev–Trinajstić information content (AvgIpc) is 3.44. The molecule has 2 aromatic heterocycles. The molecule has 10 nitrogen and oxygen atoms in total. The number of ether oxygens (including phenoxy) is 2. The lowest BCUT2D eigenvalue weighted by molar-refractivity contribution is -0.128. The van der Waals surface area contributed by atoms with Crippen LogP contribution in [0.2, 0.25) is 0 Å². The van der Waals surface area contributed by atoms with Crippen LogP contribution in [0.5, 0.6) is 11.5 Å². The number of aryl methyl sites for hydroxylation is 1. The third kappa shape index (κ3) is 6.31. The summed E-state index contributed by atoms with van der Waals surface area (Å²) >= 11 is 0. The number of anilines is 1. The van der Waals surface area contributed by atoms with E-state index in [1.54, 1.807) is 28.2 Å². The van der Waals surface area contributed by atoms with Gasteiger partial charge in [-0.25, -0.2) is 9.97 Å². The number of nitrogens with one attached hydrogen (secondary N) is 2. The standard InChI is InChI=1S/C26H35N7O3/c1-4-32(5-2)24(34)17-29-25-21(19(3)30-26(31-25)33-12-11-28-18-33)7-6-10-27-16-20-8-9-22-23(15-20)36-14-13-35-22/h8-9,11-12,15,18,27H,4-7,10,13-14,16-17H2,1-3H3,(H,29,30,31). The quantitative estimate of drug-likeness (QED) is 0.371. The fraction of sp³-hybridized carbons (Fsp3) is 0.462. The molecule has 0 spiro atoms. The van der Waals surface area contributed by atoms with Crippen LogP contribution in [0.4, 0.5) is 5.82 Å². The Morgan fingerprint density at radius 1 is 1.14 bits per heavy atom. The van der Waals surface area contributed by atoms with Crippen LogP contribution < -0.4 is 20.1 Å². The third-order valence-corrected chi connectivity index (χ3v) is 6.18. The minimum atomic E-state index is 0.0486. The first kappa shape index (κ1) is 25.4. The second-order valence-corrected chi connectivity index (χ2v) is 8.58. The van der Waals surface area contributed by atoms with Crippen molar-refractivity contribution < 1.29 is 14.3 Å². The summed E-state index contributed by atoms with van der Waals surface area (Å²) in [5.74, 6) is 2.88. The molecule has 0 saturated heterocycles. The monoisotopic (exact) mass is 493 g/mol. The van der Waals surface area contributed by atoms with E-state index >= 15 is 0 Å². The molecule has 192 valence electrons. The van der Waals surface area contributed by atoms with Crippen LogP contribution in [0.1, 0.15) is 37.1 Å². The van der Waals surface area contributed by atoms with Crippen molar-refractivity contribution in [3.63, 3.8) is 0 Å². The number of rotatable bonds is 12. The predicted octanol–water partition coefficient (Wildman–Crippen LogP) is 2.74. The van der Waals surface area contributed by atoms with Gasteiger partial charge in [-0.1, -0.05) is 6.07 Å². The molecule has 10 heteroatoms. The van der Waals surface area contributed by atoms with Crippen molar-refractivity contribution >= 4 is 11.7 Å². The first-order valence-corrected chi connectivity index (χ1v) is 12.6. The van der Waals surface area contributed by atoms with Crippen molar-refractivity contribution in [1.82, 2.24) is 29.7 Å². The van der Waals surface area contributed by atoms with Gasteiger partial charge in [0.1, 0.15) is 25.4 Å². The molecule has 0 bridgehead atoms. The highest BCUT2D eigenvalue weighted by atomic mass is 16.6. The van der Waals surface area contributed by atoms with Crippen LogP contribution in [0.25, 0.3) is 5.95 Å². The maximum atomic E-state index is 12.6. The maximum absolute atomic E-state index is 12.6. The fourth-order valence-electron chi connectivity index (χ4n) is 4.19. The molecule has 0 fully saturated rings. The van der Waals surface area contributed by atoms with Crippen LogP contribution in [-0.4, -0.2) is 69.7 Å². The maximum Gasteiger partial charge on any atom is 0.241 e. The lowest BCUT2D eigenvalue weighted by Gasteiger charge is -2.20. The second kappa shape index (κ2) is 12.3. The van der Waals surface area contributed by atoms with E-state index < -0.39 is 0 Å². The van der Waals surface area contributed by atoms with E-state index in [1.807, 2.05) is 32.9 Å². The Hall–Kier alpha value is -3.66. The van der Waals surface area contributed by atoms with Crippen molar-refractivity contribution in [3.05, 3.63) is 53.7 Å². The highest BCUT2D eigenvalue weighted by molar-refractivity contribution is 5.80. The van der Waals surface area contributed by atoms with Gasteiger partial charge in [-0.05, 0) is 57.9 Å². The fourth-order valence-corrected chi connectivity index (χ4v) is 4.19. The van der Waals surface area contributed by atoms with E-state index in [-0.39, 0.29) is 12.5 Å². The number of carbonyl (C=O) groups is 1. The third-order valence-electron chi connectivity index (χ3n) is 6.18. The minimum Gasteiger partial charge on any atom is -0.486 e. The predicted molar refractivity (Wildman–Crippen MR) is 138 cm³/mol. The van der Waals surface area contributed by atoms with E-state index in [1.165, 1.54) is 0 Å². The largest absolute Gasteiger partial charge is 0.486 e.